The fourth-order valence-corrected chi connectivity index (χ4v) is 2.95. The number of amides is 1. The van der Waals surface area contributed by atoms with Gasteiger partial charge >= 0.3 is 0 Å². The zero-order chi connectivity index (χ0) is 14.5. The lowest BCUT2D eigenvalue weighted by Gasteiger charge is -2.15. The second-order valence-electron chi connectivity index (χ2n) is 4.84. The molecule has 0 saturated carbocycles. The van der Waals surface area contributed by atoms with Gasteiger partial charge in [0.05, 0.1) is 10.0 Å². The molecule has 0 atom stereocenters. The second-order valence-corrected chi connectivity index (χ2v) is 6.03. The summed E-state index contributed by atoms with van der Waals surface area (Å²) in [4.78, 5) is 13.8. The zero-order valence-electron chi connectivity index (χ0n) is 11.1. The average molecular weight is 336 g/mol. The fraction of sp³-hybridized carbons (Fsp3) is 0.500. The summed E-state index contributed by atoms with van der Waals surface area (Å²) in [6.07, 6.45) is 2.73. The summed E-state index contributed by atoms with van der Waals surface area (Å²) in [5.41, 5.74) is 0.773. The number of likely N-dealkylation sites (tertiary alicyclic amines) is 1. The molecular weight excluding hydrogens is 319 g/mol. The number of carbonyl (C=O) groups excluding carboxylic acids is 1. The highest BCUT2D eigenvalue weighted by Gasteiger charge is 2.17. The van der Waals surface area contributed by atoms with Crippen LogP contribution in [0.1, 0.15) is 24.8 Å². The molecule has 1 heterocycles. The number of nitrogens with zero attached hydrogens (tertiary/aromatic N) is 1. The molecule has 0 spiro atoms. The quantitative estimate of drug-likeness (QED) is 0.656. The number of rotatable bonds is 5. The van der Waals surface area contributed by atoms with Gasteiger partial charge in [0.2, 0.25) is 5.91 Å². The largest absolute Gasteiger partial charge is 0.343 e. The van der Waals surface area contributed by atoms with E-state index in [1.807, 2.05) is 4.90 Å². The lowest BCUT2D eigenvalue weighted by molar-refractivity contribution is -0.130. The van der Waals surface area contributed by atoms with Crippen molar-refractivity contribution in [2.24, 2.45) is 0 Å². The molecule has 3 nitrogen and oxygen atoms in total. The Hall–Kier alpha value is -0.480. The molecule has 20 heavy (non-hydrogen) atoms. The molecule has 1 amide bonds. The minimum atomic E-state index is 0.207. The van der Waals surface area contributed by atoms with Crippen LogP contribution in [0.2, 0.25) is 15.1 Å². The van der Waals surface area contributed by atoms with Crippen LogP contribution in [0, 0.1) is 0 Å². The van der Waals surface area contributed by atoms with Crippen molar-refractivity contribution in [2.75, 3.05) is 19.6 Å². The van der Waals surface area contributed by atoms with Crippen molar-refractivity contribution in [3.63, 3.8) is 0 Å². The van der Waals surface area contributed by atoms with E-state index in [0.29, 0.717) is 34.6 Å². The number of hydrogen-bond donors (Lipinski definition) is 1. The third kappa shape index (κ3) is 4.01. The standard InChI is InChI=1S/C14H17Cl3N2O/c15-11-3-4-12(16)14(17)10(11)9-18-6-5-13(20)19-7-1-2-8-19/h3-4,18H,1-2,5-9H2. The Balaban J connectivity index is 1.78. The summed E-state index contributed by atoms with van der Waals surface area (Å²) in [6, 6.07) is 3.40. The number of carbonyl (C=O) groups is 1. The first kappa shape index (κ1) is 15.9. The SMILES string of the molecule is O=C(CCNCc1c(Cl)ccc(Cl)c1Cl)N1CCCC1. The maximum Gasteiger partial charge on any atom is 0.223 e. The summed E-state index contributed by atoms with van der Waals surface area (Å²) in [7, 11) is 0. The van der Waals surface area contributed by atoms with E-state index in [4.69, 9.17) is 34.8 Å². The van der Waals surface area contributed by atoms with Crippen molar-refractivity contribution in [1.29, 1.82) is 0 Å². The molecule has 1 aliphatic heterocycles. The van der Waals surface area contributed by atoms with Gasteiger partial charge in [0.1, 0.15) is 0 Å². The molecule has 0 radical (unpaired) electrons. The summed E-state index contributed by atoms with van der Waals surface area (Å²) in [5, 5.41) is 4.73. The van der Waals surface area contributed by atoms with Gasteiger partial charge < -0.3 is 10.2 Å². The van der Waals surface area contributed by atoms with Crippen LogP contribution in [-0.2, 0) is 11.3 Å². The van der Waals surface area contributed by atoms with Crippen LogP contribution in [-0.4, -0.2) is 30.4 Å². The van der Waals surface area contributed by atoms with Gasteiger partial charge in [-0.2, -0.15) is 0 Å². The lowest BCUT2D eigenvalue weighted by Crippen LogP contribution is -2.30. The van der Waals surface area contributed by atoms with E-state index in [9.17, 15) is 4.79 Å². The van der Waals surface area contributed by atoms with Gasteiger partial charge in [-0.25, -0.2) is 0 Å². The monoisotopic (exact) mass is 334 g/mol. The van der Waals surface area contributed by atoms with Gasteiger partial charge in [0.25, 0.3) is 0 Å². The fourth-order valence-electron chi connectivity index (χ4n) is 2.26. The minimum Gasteiger partial charge on any atom is -0.343 e. The van der Waals surface area contributed by atoms with Crippen molar-refractivity contribution < 1.29 is 4.79 Å². The van der Waals surface area contributed by atoms with Crippen LogP contribution in [0.25, 0.3) is 0 Å². The van der Waals surface area contributed by atoms with Crippen LogP contribution >= 0.6 is 34.8 Å². The molecule has 2 rings (SSSR count). The molecule has 1 aliphatic rings. The Labute approximate surface area is 134 Å². The van der Waals surface area contributed by atoms with Crippen LogP contribution in [0.3, 0.4) is 0 Å². The van der Waals surface area contributed by atoms with Crippen molar-refractivity contribution in [3.8, 4) is 0 Å². The molecule has 6 heteroatoms. The molecule has 110 valence electrons. The van der Waals surface area contributed by atoms with Gasteiger partial charge in [-0.15, -0.1) is 0 Å². The first-order valence-corrected chi connectivity index (χ1v) is 7.84. The molecule has 0 aromatic heterocycles. The Morgan fingerprint density at radius 2 is 1.80 bits per heavy atom. The Morgan fingerprint density at radius 1 is 1.15 bits per heavy atom. The molecule has 0 unspecified atom stereocenters. The predicted molar refractivity (Wildman–Crippen MR) is 83.6 cm³/mol. The van der Waals surface area contributed by atoms with Gasteiger partial charge in [0.15, 0.2) is 0 Å². The third-order valence-electron chi connectivity index (χ3n) is 3.42. The first-order valence-electron chi connectivity index (χ1n) is 6.70. The highest BCUT2D eigenvalue weighted by Crippen LogP contribution is 2.31. The molecule has 0 aliphatic carbocycles. The van der Waals surface area contributed by atoms with E-state index < -0.39 is 0 Å². The Morgan fingerprint density at radius 3 is 2.50 bits per heavy atom. The molecule has 1 aromatic rings. The highest BCUT2D eigenvalue weighted by atomic mass is 35.5. The maximum atomic E-state index is 11.9. The van der Waals surface area contributed by atoms with Crippen LogP contribution in [0.15, 0.2) is 12.1 Å². The summed E-state index contributed by atoms with van der Waals surface area (Å²) < 4.78 is 0. The van der Waals surface area contributed by atoms with Crippen molar-refractivity contribution >= 4 is 40.7 Å². The van der Waals surface area contributed by atoms with E-state index in [0.717, 1.165) is 31.5 Å². The average Bonchev–Trinajstić information content (AvgIpc) is 2.96. The molecule has 1 N–H and O–H groups in total. The summed E-state index contributed by atoms with van der Waals surface area (Å²) >= 11 is 18.2. The number of hydrogen-bond acceptors (Lipinski definition) is 2. The van der Waals surface area contributed by atoms with E-state index in [2.05, 4.69) is 5.32 Å². The Bertz CT molecular complexity index is 488. The van der Waals surface area contributed by atoms with Gasteiger partial charge in [-0.1, -0.05) is 34.8 Å². The van der Waals surface area contributed by atoms with Crippen molar-refractivity contribution in [1.82, 2.24) is 10.2 Å². The maximum absolute atomic E-state index is 11.9. The normalized spacial score (nSPS) is 14.8. The van der Waals surface area contributed by atoms with E-state index in [-0.39, 0.29) is 5.91 Å². The highest BCUT2D eigenvalue weighted by molar-refractivity contribution is 6.44. The third-order valence-corrected chi connectivity index (χ3v) is 4.61. The summed E-state index contributed by atoms with van der Waals surface area (Å²) in [6.45, 7) is 2.90. The Kier molecular flexibility index (Phi) is 5.97. The van der Waals surface area contributed by atoms with E-state index in [1.165, 1.54) is 0 Å². The molecule has 1 aromatic carbocycles. The van der Waals surface area contributed by atoms with Gasteiger partial charge in [0, 0.05) is 43.2 Å². The lowest BCUT2D eigenvalue weighted by atomic mass is 10.2. The first-order chi connectivity index (χ1) is 9.59. The zero-order valence-corrected chi connectivity index (χ0v) is 13.4. The van der Waals surface area contributed by atoms with Crippen LogP contribution in [0.5, 0.6) is 0 Å². The van der Waals surface area contributed by atoms with Gasteiger partial charge in [-0.3, -0.25) is 4.79 Å². The van der Waals surface area contributed by atoms with Crippen LogP contribution in [0.4, 0.5) is 0 Å². The van der Waals surface area contributed by atoms with Gasteiger partial charge in [-0.05, 0) is 25.0 Å². The topological polar surface area (TPSA) is 32.3 Å². The molecular formula is C14H17Cl3N2O. The molecule has 1 fully saturated rings. The van der Waals surface area contributed by atoms with E-state index >= 15 is 0 Å². The minimum absolute atomic E-state index is 0.207. The number of halogens is 3. The van der Waals surface area contributed by atoms with Crippen LogP contribution < -0.4 is 5.32 Å². The number of nitrogens with one attached hydrogen (secondary N) is 1. The molecule has 1 saturated heterocycles. The van der Waals surface area contributed by atoms with Crippen molar-refractivity contribution in [3.05, 3.63) is 32.8 Å². The van der Waals surface area contributed by atoms with E-state index in [1.54, 1.807) is 12.1 Å². The van der Waals surface area contributed by atoms with Crippen molar-refractivity contribution in [2.45, 2.75) is 25.8 Å². The smallest absolute Gasteiger partial charge is 0.223 e. The predicted octanol–water partition coefficient (Wildman–Crippen LogP) is 3.75. The summed E-state index contributed by atoms with van der Waals surface area (Å²) in [5.74, 6) is 0.207. The molecule has 0 bridgehead atoms. The second kappa shape index (κ2) is 7.51. The number of benzene rings is 1.